The summed E-state index contributed by atoms with van der Waals surface area (Å²) in [6.45, 7) is 0.759. The molecule has 1 aromatic heterocycles. The van der Waals surface area contributed by atoms with Crippen LogP contribution in [-0.2, 0) is 13.0 Å². The second-order valence-corrected chi connectivity index (χ2v) is 5.69. The zero-order valence-electron chi connectivity index (χ0n) is 13.3. The molecular formula is C17H15F3N4O. The van der Waals surface area contributed by atoms with Crippen molar-refractivity contribution in [2.24, 2.45) is 0 Å². The fourth-order valence-corrected chi connectivity index (χ4v) is 2.76. The third-order valence-corrected chi connectivity index (χ3v) is 3.90. The lowest BCUT2D eigenvalue weighted by Gasteiger charge is -2.08. The summed E-state index contributed by atoms with van der Waals surface area (Å²) in [5.41, 5.74) is 0.905. The molecule has 1 aliphatic rings. The molecule has 5 nitrogen and oxygen atoms in total. The summed E-state index contributed by atoms with van der Waals surface area (Å²) in [7, 11) is 0. The van der Waals surface area contributed by atoms with Crippen molar-refractivity contribution in [2.45, 2.75) is 38.6 Å². The van der Waals surface area contributed by atoms with Crippen LogP contribution in [0.25, 0.3) is 11.6 Å². The first kappa shape index (κ1) is 17.0. The highest BCUT2D eigenvalue weighted by Crippen LogP contribution is 2.25. The fraction of sp³-hybridized carbons (Fsp3) is 0.353. The number of nitrogens with zero attached hydrogens (tertiary/aromatic N) is 4. The van der Waals surface area contributed by atoms with Crippen molar-refractivity contribution in [3.05, 3.63) is 41.5 Å². The summed E-state index contributed by atoms with van der Waals surface area (Å²) in [4.78, 5) is 0. The summed E-state index contributed by atoms with van der Waals surface area (Å²) >= 11 is 0. The van der Waals surface area contributed by atoms with E-state index in [0.717, 1.165) is 38.1 Å². The SMILES string of the molecule is N#C/C(=C\c1ccc(OC(F)(F)F)cc1)c1nnc2n1CCCCC2. The Morgan fingerprint density at radius 1 is 1.16 bits per heavy atom. The molecule has 0 saturated heterocycles. The topological polar surface area (TPSA) is 63.7 Å². The van der Waals surface area contributed by atoms with Crippen molar-refractivity contribution in [2.75, 3.05) is 0 Å². The van der Waals surface area contributed by atoms with Gasteiger partial charge in [-0.2, -0.15) is 5.26 Å². The fourth-order valence-electron chi connectivity index (χ4n) is 2.76. The highest BCUT2D eigenvalue weighted by molar-refractivity contribution is 5.87. The highest BCUT2D eigenvalue weighted by atomic mass is 19.4. The van der Waals surface area contributed by atoms with Crippen LogP contribution in [-0.4, -0.2) is 21.1 Å². The molecule has 1 aliphatic heterocycles. The van der Waals surface area contributed by atoms with Gasteiger partial charge >= 0.3 is 6.36 Å². The third kappa shape index (κ3) is 4.18. The minimum Gasteiger partial charge on any atom is -0.406 e. The van der Waals surface area contributed by atoms with Gasteiger partial charge in [0.1, 0.15) is 17.6 Å². The largest absolute Gasteiger partial charge is 0.573 e. The molecule has 0 saturated carbocycles. The van der Waals surface area contributed by atoms with Crippen LogP contribution < -0.4 is 4.74 Å². The standard InChI is InChI=1S/C17H15F3N4O/c18-17(19,20)25-14-7-5-12(6-8-14)10-13(11-21)16-23-22-15-4-2-1-3-9-24(15)16/h5-8,10H,1-4,9H2/b13-10+. The van der Waals surface area contributed by atoms with E-state index in [4.69, 9.17) is 0 Å². The maximum Gasteiger partial charge on any atom is 0.573 e. The van der Waals surface area contributed by atoms with Gasteiger partial charge in [-0.3, -0.25) is 0 Å². The summed E-state index contributed by atoms with van der Waals surface area (Å²) in [6.07, 6.45) is 0.836. The molecule has 0 radical (unpaired) electrons. The van der Waals surface area contributed by atoms with Crippen LogP contribution in [0.3, 0.4) is 0 Å². The number of rotatable bonds is 3. The van der Waals surface area contributed by atoms with E-state index in [1.165, 1.54) is 24.3 Å². The van der Waals surface area contributed by atoms with E-state index in [0.29, 0.717) is 17.0 Å². The Morgan fingerprint density at radius 3 is 2.60 bits per heavy atom. The van der Waals surface area contributed by atoms with E-state index < -0.39 is 6.36 Å². The van der Waals surface area contributed by atoms with Crippen LogP contribution in [0.4, 0.5) is 13.2 Å². The molecule has 0 amide bonds. The lowest BCUT2D eigenvalue weighted by Crippen LogP contribution is -2.16. The molecule has 3 rings (SSSR count). The monoisotopic (exact) mass is 348 g/mol. The molecule has 2 heterocycles. The van der Waals surface area contributed by atoms with Gasteiger partial charge in [-0.15, -0.1) is 23.4 Å². The lowest BCUT2D eigenvalue weighted by atomic mass is 10.1. The van der Waals surface area contributed by atoms with Crippen molar-refractivity contribution in [3.8, 4) is 11.8 Å². The molecule has 8 heteroatoms. The first-order valence-corrected chi connectivity index (χ1v) is 7.86. The highest BCUT2D eigenvalue weighted by Gasteiger charge is 2.30. The molecular weight excluding hydrogens is 333 g/mol. The van der Waals surface area contributed by atoms with Crippen LogP contribution in [0.15, 0.2) is 24.3 Å². The number of allylic oxidation sites excluding steroid dienone is 1. The number of fused-ring (bicyclic) bond motifs is 1. The van der Waals surface area contributed by atoms with Crippen LogP contribution in [0.2, 0.25) is 0 Å². The Kier molecular flexibility index (Phi) is 4.74. The smallest absolute Gasteiger partial charge is 0.406 e. The third-order valence-electron chi connectivity index (χ3n) is 3.90. The van der Waals surface area contributed by atoms with E-state index in [9.17, 15) is 18.4 Å². The number of benzene rings is 1. The van der Waals surface area contributed by atoms with E-state index in [2.05, 4.69) is 21.0 Å². The Labute approximate surface area is 142 Å². The lowest BCUT2D eigenvalue weighted by molar-refractivity contribution is -0.274. The van der Waals surface area contributed by atoms with E-state index in [1.54, 1.807) is 6.08 Å². The van der Waals surface area contributed by atoms with E-state index >= 15 is 0 Å². The minimum atomic E-state index is -4.73. The molecule has 130 valence electrons. The molecule has 0 aliphatic carbocycles. The van der Waals surface area contributed by atoms with Gasteiger partial charge in [-0.1, -0.05) is 18.6 Å². The molecule has 2 aromatic rings. The number of alkyl halides is 3. The van der Waals surface area contributed by atoms with Crippen molar-refractivity contribution >= 4 is 11.6 Å². The second kappa shape index (κ2) is 6.97. The van der Waals surface area contributed by atoms with Gasteiger partial charge in [0.15, 0.2) is 5.82 Å². The van der Waals surface area contributed by atoms with Crippen molar-refractivity contribution in [3.63, 3.8) is 0 Å². The maximum absolute atomic E-state index is 12.2. The molecule has 0 unspecified atom stereocenters. The number of hydrogen-bond acceptors (Lipinski definition) is 4. The van der Waals surface area contributed by atoms with Gasteiger partial charge in [0.05, 0.1) is 5.57 Å². The number of hydrogen-bond donors (Lipinski definition) is 0. The maximum atomic E-state index is 12.2. The predicted octanol–water partition coefficient (Wildman–Crippen LogP) is 3.97. The average Bonchev–Trinajstić information content (AvgIpc) is 2.81. The first-order chi connectivity index (χ1) is 12.0. The van der Waals surface area contributed by atoms with Gasteiger partial charge in [0, 0.05) is 13.0 Å². The van der Waals surface area contributed by atoms with Crippen LogP contribution in [0.5, 0.6) is 5.75 Å². The van der Waals surface area contributed by atoms with Crippen molar-refractivity contribution in [1.29, 1.82) is 5.26 Å². The number of nitriles is 1. The Morgan fingerprint density at radius 2 is 1.92 bits per heavy atom. The van der Waals surface area contributed by atoms with Crippen LogP contribution in [0.1, 0.15) is 36.5 Å². The van der Waals surface area contributed by atoms with Gasteiger partial charge < -0.3 is 9.30 Å². The zero-order chi connectivity index (χ0) is 17.9. The molecule has 0 spiro atoms. The van der Waals surface area contributed by atoms with E-state index in [1.807, 2.05) is 4.57 Å². The molecule has 0 atom stereocenters. The van der Waals surface area contributed by atoms with Crippen LogP contribution >= 0.6 is 0 Å². The second-order valence-electron chi connectivity index (χ2n) is 5.69. The van der Waals surface area contributed by atoms with Gasteiger partial charge in [0.2, 0.25) is 0 Å². The van der Waals surface area contributed by atoms with Gasteiger partial charge in [-0.25, -0.2) is 0 Å². The molecule has 0 N–H and O–H groups in total. The number of aryl methyl sites for hydroxylation is 1. The van der Waals surface area contributed by atoms with Crippen LogP contribution in [0, 0.1) is 11.3 Å². The van der Waals surface area contributed by atoms with Crippen molar-refractivity contribution in [1.82, 2.24) is 14.8 Å². The average molecular weight is 348 g/mol. The Balaban J connectivity index is 1.86. The van der Waals surface area contributed by atoms with Gasteiger partial charge in [0.25, 0.3) is 0 Å². The first-order valence-electron chi connectivity index (χ1n) is 7.86. The molecule has 1 aromatic carbocycles. The Bertz CT molecular complexity index is 816. The summed E-state index contributed by atoms with van der Waals surface area (Å²) in [5.74, 6) is 1.05. The summed E-state index contributed by atoms with van der Waals surface area (Å²) in [5, 5.41) is 17.7. The molecule has 0 fully saturated rings. The van der Waals surface area contributed by atoms with Crippen molar-refractivity contribution < 1.29 is 17.9 Å². The number of ether oxygens (including phenoxy) is 1. The quantitative estimate of drug-likeness (QED) is 0.788. The van der Waals surface area contributed by atoms with E-state index in [-0.39, 0.29) is 5.75 Å². The zero-order valence-corrected chi connectivity index (χ0v) is 13.3. The predicted molar refractivity (Wildman–Crippen MR) is 84.2 cm³/mol. The van der Waals surface area contributed by atoms with Gasteiger partial charge in [-0.05, 0) is 36.6 Å². The summed E-state index contributed by atoms with van der Waals surface area (Å²) < 4.78 is 42.4. The molecule has 25 heavy (non-hydrogen) atoms. The number of aromatic nitrogens is 3. The Hall–Kier alpha value is -2.82. The molecule has 0 bridgehead atoms. The minimum absolute atomic E-state index is 0.306. The summed E-state index contributed by atoms with van der Waals surface area (Å²) in [6, 6.07) is 7.43. The number of halogens is 3. The normalized spacial score (nSPS) is 15.2.